The maximum absolute atomic E-state index is 12.1. The Morgan fingerprint density at radius 2 is 1.71 bits per heavy atom. The van der Waals surface area contributed by atoms with Gasteiger partial charge < -0.3 is 5.11 Å². The van der Waals surface area contributed by atoms with Gasteiger partial charge >= 0.3 is 0 Å². The van der Waals surface area contributed by atoms with Crippen molar-refractivity contribution in [2.24, 2.45) is 22.9 Å². The minimum absolute atomic E-state index is 0.190. The molecule has 5 heteroatoms. The average Bonchev–Trinajstić information content (AvgIpc) is 2.69. The number of rotatable bonds is 4. The number of hydrazone groups is 1. The molecule has 4 aliphatic rings. The number of aromatic nitrogens is 1. The highest BCUT2D eigenvalue weighted by Gasteiger charge is 2.51. The van der Waals surface area contributed by atoms with Gasteiger partial charge in [0.15, 0.2) is 0 Å². The molecule has 0 atom stereocenters. The number of pyridine rings is 1. The molecule has 1 heterocycles. The number of hydrogen-bond acceptors (Lipinski definition) is 4. The Labute approximate surface area is 164 Å². The van der Waals surface area contributed by atoms with Gasteiger partial charge in [0, 0.05) is 23.5 Å². The van der Waals surface area contributed by atoms with E-state index in [4.69, 9.17) is 0 Å². The van der Waals surface area contributed by atoms with Crippen LogP contribution in [-0.4, -0.2) is 22.2 Å². The lowest BCUT2D eigenvalue weighted by molar-refractivity contribution is -0.00520. The van der Waals surface area contributed by atoms with Crippen LogP contribution in [-0.2, 0) is 5.41 Å². The maximum Gasteiger partial charge on any atom is 0.271 e. The summed E-state index contributed by atoms with van der Waals surface area (Å²) in [6.45, 7) is 0. The molecule has 1 aromatic carbocycles. The summed E-state index contributed by atoms with van der Waals surface area (Å²) in [4.78, 5) is 16.0. The summed E-state index contributed by atoms with van der Waals surface area (Å²) in [6, 6.07) is 9.21. The third-order valence-corrected chi connectivity index (χ3v) is 6.99. The number of aromatic hydroxyl groups is 1. The molecule has 0 saturated heterocycles. The van der Waals surface area contributed by atoms with E-state index in [9.17, 15) is 9.90 Å². The Morgan fingerprint density at radius 3 is 2.36 bits per heavy atom. The molecule has 0 radical (unpaired) electrons. The van der Waals surface area contributed by atoms with Crippen LogP contribution in [0, 0.1) is 17.8 Å². The van der Waals surface area contributed by atoms with E-state index in [-0.39, 0.29) is 17.1 Å². The van der Waals surface area contributed by atoms with E-state index in [0.717, 1.165) is 17.8 Å². The lowest BCUT2D eigenvalue weighted by Crippen LogP contribution is -2.48. The second-order valence-electron chi connectivity index (χ2n) is 8.91. The van der Waals surface area contributed by atoms with Gasteiger partial charge in [-0.05, 0) is 91.5 Å². The second kappa shape index (κ2) is 6.73. The Bertz CT molecular complexity index is 887. The molecule has 4 saturated carbocycles. The zero-order valence-corrected chi connectivity index (χ0v) is 15.8. The number of nitrogens with one attached hydrogen (secondary N) is 1. The predicted molar refractivity (Wildman–Crippen MR) is 107 cm³/mol. The molecule has 2 N–H and O–H groups in total. The molecule has 28 heavy (non-hydrogen) atoms. The molecule has 0 spiro atoms. The van der Waals surface area contributed by atoms with Crippen molar-refractivity contribution in [3.8, 4) is 5.75 Å². The summed E-state index contributed by atoms with van der Waals surface area (Å²) in [6.07, 6.45) is 12.7. The summed E-state index contributed by atoms with van der Waals surface area (Å²) >= 11 is 0. The van der Waals surface area contributed by atoms with Crippen LogP contribution in [0.3, 0.4) is 0 Å². The van der Waals surface area contributed by atoms with Gasteiger partial charge in [0.1, 0.15) is 5.75 Å². The summed E-state index contributed by atoms with van der Waals surface area (Å²) in [5.41, 5.74) is 5.27. The molecule has 1 amide bonds. The fraction of sp³-hybridized carbons (Fsp3) is 0.435. The quantitative estimate of drug-likeness (QED) is 0.626. The van der Waals surface area contributed by atoms with Crippen molar-refractivity contribution < 1.29 is 9.90 Å². The van der Waals surface area contributed by atoms with Crippen LogP contribution >= 0.6 is 0 Å². The number of amides is 1. The molecule has 2 aromatic rings. The van der Waals surface area contributed by atoms with Gasteiger partial charge in [-0.2, -0.15) is 5.10 Å². The number of benzene rings is 1. The molecule has 1 aromatic heterocycles. The zero-order chi connectivity index (χ0) is 19.1. The van der Waals surface area contributed by atoms with Crippen molar-refractivity contribution in [3.05, 3.63) is 59.4 Å². The molecular formula is C23H25N3O2. The molecule has 5 nitrogen and oxygen atoms in total. The van der Waals surface area contributed by atoms with Gasteiger partial charge in [0.05, 0.1) is 6.21 Å². The van der Waals surface area contributed by atoms with Crippen LogP contribution in [0.25, 0.3) is 0 Å². The van der Waals surface area contributed by atoms with Gasteiger partial charge in [-0.3, -0.25) is 9.78 Å². The lowest BCUT2D eigenvalue weighted by atomic mass is 9.48. The van der Waals surface area contributed by atoms with Gasteiger partial charge in [-0.1, -0.05) is 6.07 Å². The SMILES string of the molecule is O=C(N/N=C/c1cc(C23CC4CC(CC(C4)C2)C3)ccc1O)c1ccncc1. The van der Waals surface area contributed by atoms with Crippen LogP contribution in [0.5, 0.6) is 5.75 Å². The number of nitrogens with zero attached hydrogens (tertiary/aromatic N) is 2. The average molecular weight is 375 g/mol. The minimum atomic E-state index is -0.296. The Balaban J connectivity index is 1.36. The minimum Gasteiger partial charge on any atom is -0.507 e. The number of hydrogen-bond donors (Lipinski definition) is 2. The molecule has 0 aliphatic heterocycles. The van der Waals surface area contributed by atoms with Crippen LogP contribution < -0.4 is 5.43 Å². The van der Waals surface area contributed by atoms with Crippen LogP contribution in [0.15, 0.2) is 47.8 Å². The highest BCUT2D eigenvalue weighted by molar-refractivity contribution is 5.94. The molecule has 4 bridgehead atoms. The Morgan fingerprint density at radius 1 is 1.07 bits per heavy atom. The maximum atomic E-state index is 12.1. The highest BCUT2D eigenvalue weighted by Crippen LogP contribution is 2.60. The van der Waals surface area contributed by atoms with E-state index in [1.54, 1.807) is 36.8 Å². The van der Waals surface area contributed by atoms with Crippen molar-refractivity contribution in [2.75, 3.05) is 0 Å². The predicted octanol–water partition coefficient (Wildman–Crippen LogP) is 4.02. The van der Waals surface area contributed by atoms with Crippen molar-refractivity contribution in [1.82, 2.24) is 10.4 Å². The first-order valence-electron chi connectivity index (χ1n) is 10.2. The summed E-state index contributed by atoms with van der Waals surface area (Å²) in [5, 5.41) is 14.3. The largest absolute Gasteiger partial charge is 0.507 e. The van der Waals surface area contributed by atoms with Gasteiger partial charge in [-0.15, -0.1) is 0 Å². The topological polar surface area (TPSA) is 74.6 Å². The lowest BCUT2D eigenvalue weighted by Gasteiger charge is -2.57. The standard InChI is InChI=1S/C23H25N3O2/c27-21-2-1-20(23-11-15-7-16(12-23)9-17(8-15)13-23)10-19(21)14-25-26-22(28)18-3-5-24-6-4-18/h1-6,10,14-17,27H,7-9,11-13H2,(H,26,28)/b25-14+. The number of phenolic OH excluding ortho intramolecular Hbond substituents is 1. The first kappa shape index (κ1) is 17.4. The fourth-order valence-corrected chi connectivity index (χ4v) is 6.18. The summed E-state index contributed by atoms with van der Waals surface area (Å²) < 4.78 is 0. The van der Waals surface area contributed by atoms with Gasteiger partial charge in [-0.25, -0.2) is 5.43 Å². The van der Waals surface area contributed by atoms with Gasteiger partial charge in [0.2, 0.25) is 0 Å². The Kier molecular flexibility index (Phi) is 4.18. The first-order chi connectivity index (χ1) is 13.6. The second-order valence-corrected chi connectivity index (χ2v) is 8.91. The van der Waals surface area contributed by atoms with Crippen LogP contribution in [0.2, 0.25) is 0 Å². The van der Waals surface area contributed by atoms with Crippen molar-refractivity contribution in [3.63, 3.8) is 0 Å². The van der Waals surface area contributed by atoms with E-state index < -0.39 is 0 Å². The number of carbonyl (C=O) groups excluding carboxylic acids is 1. The third-order valence-electron chi connectivity index (χ3n) is 6.99. The molecule has 4 fully saturated rings. The van der Waals surface area contributed by atoms with E-state index >= 15 is 0 Å². The molecule has 4 aliphatic carbocycles. The number of carbonyl (C=O) groups is 1. The molecular weight excluding hydrogens is 350 g/mol. The van der Waals surface area contributed by atoms with Crippen molar-refractivity contribution >= 4 is 12.1 Å². The summed E-state index contributed by atoms with van der Waals surface area (Å²) in [7, 11) is 0. The van der Waals surface area contributed by atoms with E-state index in [2.05, 4.69) is 27.6 Å². The van der Waals surface area contributed by atoms with E-state index in [1.807, 2.05) is 0 Å². The smallest absolute Gasteiger partial charge is 0.271 e. The fourth-order valence-electron chi connectivity index (χ4n) is 6.18. The van der Waals surface area contributed by atoms with E-state index in [0.29, 0.717) is 11.1 Å². The van der Waals surface area contributed by atoms with Crippen LogP contribution in [0.1, 0.15) is 60.0 Å². The highest BCUT2D eigenvalue weighted by atomic mass is 16.3. The summed E-state index contributed by atoms with van der Waals surface area (Å²) in [5.74, 6) is 2.51. The monoisotopic (exact) mass is 375 g/mol. The molecule has 0 unspecified atom stereocenters. The Hall–Kier alpha value is -2.69. The zero-order valence-electron chi connectivity index (χ0n) is 15.8. The normalized spacial score (nSPS) is 30.6. The van der Waals surface area contributed by atoms with Crippen molar-refractivity contribution in [1.29, 1.82) is 0 Å². The number of phenols is 1. The molecule has 144 valence electrons. The molecule has 6 rings (SSSR count). The van der Waals surface area contributed by atoms with Crippen molar-refractivity contribution in [2.45, 2.75) is 43.9 Å². The first-order valence-corrected chi connectivity index (χ1v) is 10.2. The van der Waals surface area contributed by atoms with E-state index in [1.165, 1.54) is 44.1 Å². The van der Waals surface area contributed by atoms with Gasteiger partial charge in [0.25, 0.3) is 5.91 Å². The van der Waals surface area contributed by atoms with Crippen LogP contribution in [0.4, 0.5) is 0 Å². The third kappa shape index (κ3) is 3.09.